The van der Waals surface area contributed by atoms with Gasteiger partial charge in [-0.2, -0.15) is 0 Å². The molecule has 158 valence electrons. The minimum Gasteiger partial charge on any atom is -0.364 e. The molecule has 0 radical (unpaired) electrons. The molecule has 5 heteroatoms. The summed E-state index contributed by atoms with van der Waals surface area (Å²) in [6.45, 7) is 4.49. The Kier molecular flexibility index (Phi) is 9.28. The average Bonchev–Trinajstić information content (AvgIpc) is 2.73. The molecule has 2 aromatic carbocycles. The third kappa shape index (κ3) is 6.91. The first-order valence-electron chi connectivity index (χ1n) is 10.2. The lowest BCUT2D eigenvalue weighted by Gasteiger charge is -2.43. The van der Waals surface area contributed by atoms with Crippen LogP contribution in [0.5, 0.6) is 0 Å². The van der Waals surface area contributed by atoms with Crippen LogP contribution in [0.1, 0.15) is 37.3 Å². The molecule has 0 amide bonds. The Morgan fingerprint density at radius 1 is 1.07 bits per heavy atom. The maximum Gasteiger partial charge on any atom is 0.148 e. The number of carbonyl (C=O) groups is 1. The van der Waals surface area contributed by atoms with Crippen molar-refractivity contribution in [2.45, 2.75) is 50.7 Å². The van der Waals surface area contributed by atoms with E-state index in [1.165, 1.54) is 11.6 Å². The van der Waals surface area contributed by atoms with Gasteiger partial charge in [0.2, 0.25) is 0 Å². The Labute approximate surface area is 179 Å². The van der Waals surface area contributed by atoms with Crippen molar-refractivity contribution in [2.24, 2.45) is 0 Å². The molecule has 1 aliphatic rings. The molecule has 3 rings (SSSR count). The summed E-state index contributed by atoms with van der Waals surface area (Å²) >= 11 is 0. The molecule has 1 fully saturated rings. The zero-order valence-electron chi connectivity index (χ0n) is 17.1. The lowest BCUT2D eigenvalue weighted by atomic mass is 9.85. The average molecular weight is 420 g/mol. The van der Waals surface area contributed by atoms with E-state index in [0.29, 0.717) is 0 Å². The van der Waals surface area contributed by atoms with Crippen molar-refractivity contribution < 1.29 is 13.9 Å². The van der Waals surface area contributed by atoms with E-state index in [9.17, 15) is 9.18 Å². The Morgan fingerprint density at radius 2 is 1.72 bits per heavy atom. The van der Waals surface area contributed by atoms with E-state index in [1.54, 1.807) is 6.07 Å². The number of carbonyl (C=O) groups excluding carboxylic acids is 1. The fraction of sp³-hybridized carbons (Fsp3) is 0.458. The molecule has 1 atom stereocenters. The molecule has 0 aromatic heterocycles. The van der Waals surface area contributed by atoms with Crippen LogP contribution >= 0.6 is 12.4 Å². The molecular weight excluding hydrogens is 389 g/mol. The fourth-order valence-corrected chi connectivity index (χ4v) is 4.03. The molecule has 29 heavy (non-hydrogen) atoms. The molecule has 3 nitrogen and oxygen atoms in total. The van der Waals surface area contributed by atoms with Crippen LogP contribution in [-0.2, 0) is 22.4 Å². The predicted molar refractivity (Wildman–Crippen MR) is 117 cm³/mol. The van der Waals surface area contributed by atoms with Crippen LogP contribution in [0.3, 0.4) is 0 Å². The summed E-state index contributed by atoms with van der Waals surface area (Å²) in [5.41, 5.74) is 1.81. The van der Waals surface area contributed by atoms with Crippen LogP contribution in [-0.4, -0.2) is 42.5 Å². The fourth-order valence-electron chi connectivity index (χ4n) is 4.03. The van der Waals surface area contributed by atoms with Crippen molar-refractivity contribution in [1.29, 1.82) is 0 Å². The van der Waals surface area contributed by atoms with Gasteiger partial charge < -0.3 is 14.4 Å². The van der Waals surface area contributed by atoms with E-state index in [2.05, 4.69) is 29.2 Å². The summed E-state index contributed by atoms with van der Waals surface area (Å²) in [5, 5.41) is 0. The maximum atomic E-state index is 13.8. The Morgan fingerprint density at radius 3 is 2.38 bits per heavy atom. The van der Waals surface area contributed by atoms with Crippen molar-refractivity contribution in [3.05, 3.63) is 71.5 Å². The molecule has 1 aliphatic heterocycles. The van der Waals surface area contributed by atoms with Crippen molar-refractivity contribution in [3.63, 3.8) is 0 Å². The van der Waals surface area contributed by atoms with Gasteiger partial charge in [0.05, 0.1) is 5.60 Å². The number of hydrogen-bond donors (Lipinski definition) is 0. The third-order valence-electron chi connectivity index (χ3n) is 5.76. The second-order valence-electron chi connectivity index (χ2n) is 7.81. The van der Waals surface area contributed by atoms with E-state index in [0.717, 1.165) is 63.6 Å². The Bertz CT molecular complexity index is 748. The molecule has 1 unspecified atom stereocenters. The number of nitrogens with zero attached hydrogens (tertiary/aromatic N) is 1. The molecule has 0 aliphatic carbocycles. The van der Waals surface area contributed by atoms with Gasteiger partial charge in [-0.05, 0) is 56.2 Å². The van der Waals surface area contributed by atoms with Crippen LogP contribution < -0.4 is 0 Å². The van der Waals surface area contributed by atoms with Crippen LogP contribution in [0.15, 0.2) is 54.6 Å². The summed E-state index contributed by atoms with van der Waals surface area (Å²) < 4.78 is 20.1. The van der Waals surface area contributed by atoms with Gasteiger partial charge in [0, 0.05) is 19.6 Å². The summed E-state index contributed by atoms with van der Waals surface area (Å²) in [7, 11) is 0. The van der Waals surface area contributed by atoms with E-state index in [4.69, 9.17) is 4.74 Å². The molecular formula is C24H31ClFNO2. The highest BCUT2D eigenvalue weighted by atomic mass is 35.5. The van der Waals surface area contributed by atoms with E-state index in [-0.39, 0.29) is 29.9 Å². The van der Waals surface area contributed by atoms with Gasteiger partial charge in [-0.1, -0.05) is 48.5 Å². The second kappa shape index (κ2) is 11.4. The number of aryl methyl sites for hydroxylation is 1. The number of hydrogen-bond acceptors (Lipinski definition) is 3. The van der Waals surface area contributed by atoms with Gasteiger partial charge in [0.1, 0.15) is 18.2 Å². The van der Waals surface area contributed by atoms with Crippen molar-refractivity contribution in [2.75, 3.05) is 19.6 Å². The lowest BCUT2D eigenvalue weighted by molar-refractivity contribution is -0.142. The van der Waals surface area contributed by atoms with Gasteiger partial charge in [-0.25, -0.2) is 4.39 Å². The molecule has 1 saturated heterocycles. The van der Waals surface area contributed by atoms with E-state index < -0.39 is 0 Å². The predicted octanol–water partition coefficient (Wildman–Crippen LogP) is 4.86. The smallest absolute Gasteiger partial charge is 0.148 e. The Balaban J connectivity index is 0.00000300. The number of rotatable bonds is 9. The zero-order chi connectivity index (χ0) is 19.8. The van der Waals surface area contributed by atoms with Gasteiger partial charge in [-0.3, -0.25) is 0 Å². The molecule has 0 bridgehead atoms. The largest absolute Gasteiger partial charge is 0.364 e. The lowest BCUT2D eigenvalue weighted by Crippen LogP contribution is -2.48. The first kappa shape index (κ1) is 23.5. The topological polar surface area (TPSA) is 29.5 Å². The maximum absolute atomic E-state index is 13.8. The normalized spacial score (nSPS) is 17.3. The molecule has 0 saturated carbocycles. The van der Waals surface area contributed by atoms with Gasteiger partial charge in [0.15, 0.2) is 0 Å². The van der Waals surface area contributed by atoms with E-state index in [1.807, 2.05) is 25.1 Å². The van der Waals surface area contributed by atoms with Gasteiger partial charge in [0.25, 0.3) is 0 Å². The van der Waals surface area contributed by atoms with Crippen LogP contribution in [0, 0.1) is 5.82 Å². The molecule has 0 spiro atoms. The van der Waals surface area contributed by atoms with Gasteiger partial charge in [-0.15, -0.1) is 12.4 Å². The standard InChI is InChI=1S/C24H30FNO2.ClH/c1-20(19-27)28-24(13-11-21-7-3-2-4-8-21)14-17-26(18-15-24)16-12-22-9-5-6-10-23(22)25;/h2-10,19-20H,11-18H2,1H3;1H. The van der Waals surface area contributed by atoms with Crippen LogP contribution in [0.2, 0.25) is 0 Å². The number of likely N-dealkylation sites (tertiary alicyclic amines) is 1. The zero-order valence-corrected chi connectivity index (χ0v) is 17.9. The SMILES string of the molecule is CC(C=O)OC1(CCc2ccccc2)CCN(CCc2ccccc2F)CC1.Cl. The number of aldehydes is 1. The monoisotopic (exact) mass is 419 g/mol. The van der Waals surface area contributed by atoms with E-state index >= 15 is 0 Å². The first-order chi connectivity index (χ1) is 13.6. The summed E-state index contributed by atoms with van der Waals surface area (Å²) in [6, 6.07) is 17.4. The highest BCUT2D eigenvalue weighted by Crippen LogP contribution is 2.32. The second-order valence-corrected chi connectivity index (χ2v) is 7.81. The minimum atomic E-state index is -0.388. The number of piperidine rings is 1. The van der Waals surface area contributed by atoms with Crippen molar-refractivity contribution in [3.8, 4) is 0 Å². The first-order valence-corrected chi connectivity index (χ1v) is 10.2. The highest BCUT2D eigenvalue weighted by Gasteiger charge is 2.36. The minimum absolute atomic E-state index is 0. The molecule has 0 N–H and O–H groups in total. The van der Waals surface area contributed by atoms with Crippen LogP contribution in [0.4, 0.5) is 4.39 Å². The summed E-state index contributed by atoms with van der Waals surface area (Å²) in [6.07, 6.45) is 4.87. The quantitative estimate of drug-likeness (QED) is 0.543. The number of halogens is 2. The Hall–Kier alpha value is -1.75. The third-order valence-corrected chi connectivity index (χ3v) is 5.76. The van der Waals surface area contributed by atoms with Gasteiger partial charge >= 0.3 is 0 Å². The van der Waals surface area contributed by atoms with Crippen molar-refractivity contribution in [1.82, 2.24) is 4.90 Å². The highest BCUT2D eigenvalue weighted by molar-refractivity contribution is 5.85. The molecule has 1 heterocycles. The summed E-state index contributed by atoms with van der Waals surface area (Å²) in [4.78, 5) is 13.6. The van der Waals surface area contributed by atoms with Crippen molar-refractivity contribution >= 4 is 18.7 Å². The molecule has 2 aromatic rings. The number of benzene rings is 2. The van der Waals surface area contributed by atoms with Crippen LogP contribution in [0.25, 0.3) is 0 Å². The summed E-state index contributed by atoms with van der Waals surface area (Å²) in [5.74, 6) is -0.125. The number of ether oxygens (including phenoxy) is 1.